The second kappa shape index (κ2) is 5.69. The summed E-state index contributed by atoms with van der Waals surface area (Å²) in [6, 6.07) is 2.93. The van der Waals surface area contributed by atoms with Crippen LogP contribution in [0.5, 0.6) is 0 Å². The summed E-state index contributed by atoms with van der Waals surface area (Å²) in [7, 11) is -1.58. The van der Waals surface area contributed by atoms with Gasteiger partial charge >= 0.3 is 0 Å². The molecular weight excluding hydrogens is 258 g/mol. The lowest BCUT2D eigenvalue weighted by Gasteiger charge is -2.08. The Bertz CT molecular complexity index is 488. The molecular formula is C13H14F2O2S. The van der Waals surface area contributed by atoms with E-state index in [1.807, 2.05) is 0 Å². The van der Waals surface area contributed by atoms with Crippen molar-refractivity contribution in [3.63, 3.8) is 0 Å². The smallest absolute Gasteiger partial charge is 0.139 e. The Hall–Kier alpha value is -1.10. The standard InChI is InChI=1S/C13H14F2O2S/c14-10-4-5-11(15)13(8-10)18(17)7-6-9-2-1-3-12(9)16/h4-5,8-9H,1-3,6-7H2. The maximum absolute atomic E-state index is 13.4. The first kappa shape index (κ1) is 13.3. The fourth-order valence-corrected chi connectivity index (χ4v) is 3.45. The van der Waals surface area contributed by atoms with Crippen LogP contribution in [0, 0.1) is 17.6 Å². The number of hydrogen-bond donors (Lipinski definition) is 0. The molecule has 0 N–H and O–H groups in total. The van der Waals surface area contributed by atoms with Gasteiger partial charge in [-0.25, -0.2) is 8.78 Å². The van der Waals surface area contributed by atoms with Gasteiger partial charge in [-0.05, 0) is 37.5 Å². The van der Waals surface area contributed by atoms with Crippen LogP contribution in [0.2, 0.25) is 0 Å². The van der Waals surface area contributed by atoms with E-state index < -0.39 is 22.4 Å². The third kappa shape index (κ3) is 3.02. The molecule has 0 aromatic heterocycles. The minimum Gasteiger partial charge on any atom is -0.299 e. The summed E-state index contributed by atoms with van der Waals surface area (Å²) in [4.78, 5) is 11.3. The van der Waals surface area contributed by atoms with Gasteiger partial charge in [-0.15, -0.1) is 0 Å². The average molecular weight is 272 g/mol. The Morgan fingerprint density at radius 3 is 2.78 bits per heavy atom. The highest BCUT2D eigenvalue weighted by molar-refractivity contribution is 7.85. The molecule has 1 aliphatic rings. The number of hydrogen-bond acceptors (Lipinski definition) is 2. The zero-order valence-corrected chi connectivity index (χ0v) is 10.6. The number of benzene rings is 1. The Morgan fingerprint density at radius 1 is 1.33 bits per heavy atom. The molecule has 18 heavy (non-hydrogen) atoms. The zero-order chi connectivity index (χ0) is 13.1. The molecule has 2 rings (SSSR count). The summed E-state index contributed by atoms with van der Waals surface area (Å²) in [6.07, 6.45) is 2.78. The Balaban J connectivity index is 1.99. The molecule has 5 heteroatoms. The summed E-state index contributed by atoms with van der Waals surface area (Å²) < 4.78 is 38.2. The van der Waals surface area contributed by atoms with Crippen LogP contribution in [0.4, 0.5) is 8.78 Å². The van der Waals surface area contributed by atoms with E-state index in [1.165, 1.54) is 0 Å². The molecule has 1 saturated carbocycles. The Labute approximate surface area is 107 Å². The molecule has 2 nitrogen and oxygen atoms in total. The quantitative estimate of drug-likeness (QED) is 0.844. The molecule has 1 fully saturated rings. The van der Waals surface area contributed by atoms with E-state index in [-0.39, 0.29) is 22.3 Å². The molecule has 1 aromatic carbocycles. The first-order valence-electron chi connectivity index (χ1n) is 5.94. The summed E-state index contributed by atoms with van der Waals surface area (Å²) in [5.74, 6) is -0.905. The van der Waals surface area contributed by atoms with Gasteiger partial charge in [-0.2, -0.15) is 0 Å². The highest BCUT2D eigenvalue weighted by Gasteiger charge is 2.25. The lowest BCUT2D eigenvalue weighted by Crippen LogP contribution is -2.11. The third-order valence-corrected chi connectivity index (χ3v) is 4.63. The molecule has 1 aromatic rings. The van der Waals surface area contributed by atoms with Crippen molar-refractivity contribution in [3.8, 4) is 0 Å². The SMILES string of the molecule is O=C1CCCC1CCS(=O)c1cc(F)ccc1F. The molecule has 98 valence electrons. The molecule has 1 aliphatic carbocycles. The van der Waals surface area contributed by atoms with Crippen LogP contribution >= 0.6 is 0 Å². The Morgan fingerprint density at radius 2 is 2.11 bits per heavy atom. The lowest BCUT2D eigenvalue weighted by molar-refractivity contribution is -0.120. The summed E-state index contributed by atoms with van der Waals surface area (Å²) in [5.41, 5.74) is 0. The fraction of sp³-hybridized carbons (Fsp3) is 0.462. The number of carbonyl (C=O) groups excluding carboxylic acids is 1. The maximum atomic E-state index is 13.4. The van der Waals surface area contributed by atoms with Crippen LogP contribution < -0.4 is 0 Å². The molecule has 0 radical (unpaired) electrons. The van der Waals surface area contributed by atoms with Crippen molar-refractivity contribution in [3.05, 3.63) is 29.8 Å². The average Bonchev–Trinajstić information content (AvgIpc) is 2.75. The van der Waals surface area contributed by atoms with Crippen molar-refractivity contribution < 1.29 is 17.8 Å². The molecule has 0 saturated heterocycles. The van der Waals surface area contributed by atoms with Crippen molar-refractivity contribution in [2.45, 2.75) is 30.6 Å². The maximum Gasteiger partial charge on any atom is 0.139 e. The molecule has 0 heterocycles. The van der Waals surface area contributed by atoms with Gasteiger partial charge in [0.05, 0.1) is 15.7 Å². The van der Waals surface area contributed by atoms with E-state index in [4.69, 9.17) is 0 Å². The van der Waals surface area contributed by atoms with Crippen molar-refractivity contribution in [1.29, 1.82) is 0 Å². The highest BCUT2D eigenvalue weighted by atomic mass is 32.2. The van der Waals surface area contributed by atoms with E-state index in [0.29, 0.717) is 12.8 Å². The van der Waals surface area contributed by atoms with Gasteiger partial charge in [-0.3, -0.25) is 9.00 Å². The van der Waals surface area contributed by atoms with Gasteiger partial charge < -0.3 is 0 Å². The monoisotopic (exact) mass is 272 g/mol. The minimum absolute atomic E-state index is 0.0504. The van der Waals surface area contributed by atoms with Crippen LogP contribution in [0.15, 0.2) is 23.1 Å². The highest BCUT2D eigenvalue weighted by Crippen LogP contribution is 2.25. The number of halogens is 2. The van der Waals surface area contributed by atoms with E-state index in [9.17, 15) is 17.8 Å². The van der Waals surface area contributed by atoms with E-state index in [1.54, 1.807) is 0 Å². The number of Topliss-reactive ketones (excluding diaryl/α,β-unsaturated/α-hetero) is 1. The van der Waals surface area contributed by atoms with Gasteiger partial charge in [0.15, 0.2) is 0 Å². The van der Waals surface area contributed by atoms with E-state index in [0.717, 1.165) is 31.0 Å². The van der Waals surface area contributed by atoms with Crippen LogP contribution in [0.1, 0.15) is 25.7 Å². The first-order chi connectivity index (χ1) is 8.58. The lowest BCUT2D eigenvalue weighted by atomic mass is 10.1. The summed E-state index contributed by atoms with van der Waals surface area (Å²) in [5, 5.41) is 0. The topological polar surface area (TPSA) is 34.1 Å². The fourth-order valence-electron chi connectivity index (χ4n) is 2.20. The molecule has 0 spiro atoms. The van der Waals surface area contributed by atoms with Crippen molar-refractivity contribution in [1.82, 2.24) is 0 Å². The van der Waals surface area contributed by atoms with Crippen LogP contribution in [0.3, 0.4) is 0 Å². The summed E-state index contributed by atoms with van der Waals surface area (Å²) >= 11 is 0. The first-order valence-corrected chi connectivity index (χ1v) is 7.26. The van der Waals surface area contributed by atoms with Gasteiger partial charge in [0.2, 0.25) is 0 Å². The second-order valence-corrected chi connectivity index (χ2v) is 6.01. The van der Waals surface area contributed by atoms with Crippen molar-refractivity contribution in [2.75, 3.05) is 5.75 Å². The van der Waals surface area contributed by atoms with Gasteiger partial charge in [0.1, 0.15) is 17.4 Å². The van der Waals surface area contributed by atoms with Crippen molar-refractivity contribution in [2.24, 2.45) is 5.92 Å². The zero-order valence-electron chi connectivity index (χ0n) is 9.83. The van der Waals surface area contributed by atoms with E-state index in [2.05, 4.69) is 0 Å². The summed E-state index contributed by atoms with van der Waals surface area (Å²) in [6.45, 7) is 0. The number of ketones is 1. The van der Waals surface area contributed by atoms with Crippen LogP contribution in [-0.4, -0.2) is 15.7 Å². The van der Waals surface area contributed by atoms with Crippen LogP contribution in [-0.2, 0) is 15.6 Å². The van der Waals surface area contributed by atoms with Gasteiger partial charge in [0.25, 0.3) is 0 Å². The van der Waals surface area contributed by atoms with Crippen LogP contribution in [0.25, 0.3) is 0 Å². The van der Waals surface area contributed by atoms with E-state index >= 15 is 0 Å². The second-order valence-electron chi connectivity index (χ2n) is 4.47. The molecule has 0 aliphatic heterocycles. The predicted molar refractivity (Wildman–Crippen MR) is 64.6 cm³/mol. The minimum atomic E-state index is -1.58. The molecule has 2 atom stereocenters. The Kier molecular flexibility index (Phi) is 4.22. The molecule has 0 bridgehead atoms. The van der Waals surface area contributed by atoms with Gasteiger partial charge in [-0.1, -0.05) is 0 Å². The predicted octanol–water partition coefficient (Wildman–Crippen LogP) is 2.83. The number of rotatable bonds is 4. The largest absolute Gasteiger partial charge is 0.299 e. The molecule has 2 unspecified atom stereocenters. The van der Waals surface area contributed by atoms with Crippen molar-refractivity contribution >= 4 is 16.6 Å². The molecule has 0 amide bonds. The third-order valence-electron chi connectivity index (χ3n) is 3.22. The number of carbonyl (C=O) groups is 1. The normalized spacial score (nSPS) is 21.2. The van der Waals surface area contributed by atoms with Gasteiger partial charge in [0, 0.05) is 18.1 Å².